The molecule has 0 saturated carbocycles. The van der Waals surface area contributed by atoms with E-state index >= 15 is 0 Å². The number of aromatic nitrogens is 1. The molecule has 1 aromatic heterocycles. The van der Waals surface area contributed by atoms with E-state index in [0.29, 0.717) is 12.2 Å². The molecular weight excluding hydrogens is 342 g/mol. The average Bonchev–Trinajstić information content (AvgIpc) is 2.66. The third-order valence-corrected chi connectivity index (χ3v) is 5.45. The number of hydrogen-bond donors (Lipinski definition) is 1. The first-order valence-corrected chi connectivity index (χ1v) is 8.63. The van der Waals surface area contributed by atoms with Crippen LogP contribution in [0.1, 0.15) is 15.6 Å². The second-order valence-electron chi connectivity index (χ2n) is 4.38. The average molecular weight is 358 g/mol. The van der Waals surface area contributed by atoms with Crippen LogP contribution in [0.5, 0.6) is 0 Å². The molecule has 0 amide bonds. The number of thiazole rings is 1. The van der Waals surface area contributed by atoms with Crippen LogP contribution in [0.25, 0.3) is 0 Å². The van der Waals surface area contributed by atoms with Crippen LogP contribution in [0.15, 0.2) is 33.6 Å². The molecule has 0 bridgehead atoms. The van der Waals surface area contributed by atoms with Crippen LogP contribution in [0.4, 0.5) is 0 Å². The molecule has 1 atom stereocenters. The van der Waals surface area contributed by atoms with Gasteiger partial charge in [0.1, 0.15) is 0 Å². The Kier molecular flexibility index (Phi) is 5.45. The Labute approximate surface area is 130 Å². The Morgan fingerprint density at radius 3 is 2.84 bits per heavy atom. The number of nitrogens with zero attached hydrogens (tertiary/aromatic N) is 1. The highest BCUT2D eigenvalue weighted by Crippen LogP contribution is 2.24. The molecule has 2 rings (SSSR count). The highest BCUT2D eigenvalue weighted by Gasteiger charge is 2.11. The van der Waals surface area contributed by atoms with Crippen molar-refractivity contribution < 1.29 is 5.11 Å². The van der Waals surface area contributed by atoms with Gasteiger partial charge in [0.2, 0.25) is 0 Å². The highest BCUT2D eigenvalue weighted by molar-refractivity contribution is 9.10. The first kappa shape index (κ1) is 15.0. The molecule has 1 unspecified atom stereocenters. The third kappa shape index (κ3) is 4.60. The quantitative estimate of drug-likeness (QED) is 0.813. The fourth-order valence-electron chi connectivity index (χ4n) is 1.64. The molecule has 102 valence electrons. The summed E-state index contributed by atoms with van der Waals surface area (Å²) in [5, 5.41) is 11.1. The lowest BCUT2D eigenvalue weighted by atomic mass is 10.3. The first-order chi connectivity index (χ1) is 9.04. The lowest BCUT2D eigenvalue weighted by Gasteiger charge is -2.08. The van der Waals surface area contributed by atoms with Gasteiger partial charge in [-0.3, -0.25) is 0 Å². The summed E-state index contributed by atoms with van der Waals surface area (Å²) in [5.74, 6) is 0.689. The standard InChI is InChI=1S/C14H16BrNOS2/c1-9-10(2)19-14(16-9)7-12(17)8-18-13-5-3-4-11(15)6-13/h3-6,12,17H,7-8H2,1-2H3. The van der Waals surface area contributed by atoms with Crippen molar-refractivity contribution in [3.05, 3.63) is 44.3 Å². The van der Waals surface area contributed by atoms with Gasteiger partial charge in [-0.1, -0.05) is 22.0 Å². The number of hydrogen-bond acceptors (Lipinski definition) is 4. The summed E-state index contributed by atoms with van der Waals surface area (Å²) in [4.78, 5) is 6.87. The van der Waals surface area contributed by atoms with Crippen LogP contribution in [-0.2, 0) is 6.42 Å². The SMILES string of the molecule is Cc1nc(CC(O)CSc2cccc(Br)c2)sc1C. The molecule has 0 fully saturated rings. The second kappa shape index (κ2) is 6.88. The van der Waals surface area contributed by atoms with E-state index in [1.54, 1.807) is 23.1 Å². The Morgan fingerprint density at radius 1 is 1.42 bits per heavy atom. The molecule has 0 radical (unpaired) electrons. The Morgan fingerprint density at radius 2 is 2.21 bits per heavy atom. The smallest absolute Gasteiger partial charge is 0.0956 e. The number of aryl methyl sites for hydroxylation is 2. The van der Waals surface area contributed by atoms with Crippen LogP contribution < -0.4 is 0 Å². The monoisotopic (exact) mass is 357 g/mol. The Balaban J connectivity index is 1.86. The predicted molar refractivity (Wildman–Crippen MR) is 86.2 cm³/mol. The third-order valence-electron chi connectivity index (χ3n) is 2.72. The van der Waals surface area contributed by atoms with Crippen LogP contribution in [0.3, 0.4) is 0 Å². The lowest BCUT2D eigenvalue weighted by molar-refractivity contribution is 0.200. The summed E-state index contributed by atoms with van der Waals surface area (Å²) in [5.41, 5.74) is 1.08. The van der Waals surface area contributed by atoms with Gasteiger partial charge in [0, 0.05) is 26.4 Å². The van der Waals surface area contributed by atoms with E-state index in [9.17, 15) is 5.11 Å². The van der Waals surface area contributed by atoms with Crippen molar-refractivity contribution in [3.8, 4) is 0 Å². The fourth-order valence-corrected chi connectivity index (χ4v) is 4.08. The number of aliphatic hydroxyl groups is 1. The van der Waals surface area contributed by atoms with E-state index in [1.165, 1.54) is 9.77 Å². The Bertz CT molecular complexity index is 537. The molecule has 0 spiro atoms. The van der Waals surface area contributed by atoms with Gasteiger partial charge in [0.25, 0.3) is 0 Å². The first-order valence-electron chi connectivity index (χ1n) is 6.04. The summed E-state index contributed by atoms with van der Waals surface area (Å²) < 4.78 is 1.07. The predicted octanol–water partition coefficient (Wildman–Crippen LogP) is 4.22. The number of thioether (sulfide) groups is 1. The summed E-state index contributed by atoms with van der Waals surface area (Å²) in [7, 11) is 0. The van der Waals surface area contributed by atoms with Gasteiger partial charge in [-0.15, -0.1) is 23.1 Å². The van der Waals surface area contributed by atoms with Crippen molar-refractivity contribution in [2.45, 2.75) is 31.3 Å². The number of benzene rings is 1. The molecule has 1 heterocycles. The van der Waals surface area contributed by atoms with Gasteiger partial charge < -0.3 is 5.11 Å². The van der Waals surface area contributed by atoms with Crippen molar-refractivity contribution in [2.24, 2.45) is 0 Å². The molecule has 0 aliphatic rings. The molecule has 5 heteroatoms. The van der Waals surface area contributed by atoms with Crippen LogP contribution in [0, 0.1) is 13.8 Å². The van der Waals surface area contributed by atoms with Crippen molar-refractivity contribution in [2.75, 3.05) is 5.75 Å². The summed E-state index contributed by atoms with van der Waals surface area (Å²) >= 11 is 6.80. The number of halogens is 1. The summed E-state index contributed by atoms with van der Waals surface area (Å²) in [6, 6.07) is 8.13. The van der Waals surface area contributed by atoms with E-state index in [2.05, 4.69) is 40.0 Å². The van der Waals surface area contributed by atoms with Crippen molar-refractivity contribution in [3.63, 3.8) is 0 Å². The maximum absolute atomic E-state index is 10.1. The minimum atomic E-state index is -0.353. The van der Waals surface area contributed by atoms with Crippen molar-refractivity contribution in [1.29, 1.82) is 0 Å². The number of rotatable bonds is 5. The van der Waals surface area contributed by atoms with Gasteiger partial charge >= 0.3 is 0 Å². The van der Waals surface area contributed by atoms with E-state index < -0.39 is 0 Å². The zero-order valence-electron chi connectivity index (χ0n) is 10.9. The van der Waals surface area contributed by atoms with E-state index in [4.69, 9.17) is 0 Å². The molecular formula is C14H16BrNOS2. The molecule has 0 saturated heterocycles. The molecule has 1 N–H and O–H groups in total. The van der Waals surface area contributed by atoms with Gasteiger partial charge in [0.05, 0.1) is 16.8 Å². The number of aliphatic hydroxyl groups excluding tert-OH is 1. The molecule has 2 nitrogen and oxygen atoms in total. The van der Waals surface area contributed by atoms with Crippen molar-refractivity contribution >= 4 is 39.0 Å². The normalized spacial score (nSPS) is 12.6. The fraction of sp³-hybridized carbons (Fsp3) is 0.357. The van der Waals surface area contributed by atoms with Crippen LogP contribution in [0.2, 0.25) is 0 Å². The van der Waals surface area contributed by atoms with E-state index in [1.807, 2.05) is 19.1 Å². The molecule has 19 heavy (non-hydrogen) atoms. The minimum Gasteiger partial charge on any atom is -0.392 e. The maximum Gasteiger partial charge on any atom is 0.0956 e. The van der Waals surface area contributed by atoms with E-state index in [-0.39, 0.29) is 6.10 Å². The minimum absolute atomic E-state index is 0.353. The molecule has 0 aliphatic carbocycles. The Hall–Kier alpha value is -0.360. The van der Waals surface area contributed by atoms with Gasteiger partial charge in [-0.2, -0.15) is 0 Å². The second-order valence-corrected chi connectivity index (χ2v) is 7.67. The topological polar surface area (TPSA) is 33.1 Å². The van der Waals surface area contributed by atoms with Crippen LogP contribution in [-0.4, -0.2) is 21.9 Å². The summed E-state index contributed by atoms with van der Waals surface area (Å²) in [6.45, 7) is 4.08. The zero-order valence-corrected chi connectivity index (χ0v) is 14.1. The largest absolute Gasteiger partial charge is 0.392 e. The van der Waals surface area contributed by atoms with Crippen molar-refractivity contribution in [1.82, 2.24) is 4.98 Å². The van der Waals surface area contributed by atoms with Gasteiger partial charge in [-0.25, -0.2) is 4.98 Å². The summed E-state index contributed by atoms with van der Waals surface area (Å²) in [6.07, 6.45) is 0.286. The van der Waals surface area contributed by atoms with Crippen LogP contribution >= 0.6 is 39.0 Å². The molecule has 0 aliphatic heterocycles. The molecule has 1 aromatic carbocycles. The highest BCUT2D eigenvalue weighted by atomic mass is 79.9. The molecule has 2 aromatic rings. The van der Waals surface area contributed by atoms with Gasteiger partial charge in [0.15, 0.2) is 0 Å². The lowest BCUT2D eigenvalue weighted by Crippen LogP contribution is -2.13. The van der Waals surface area contributed by atoms with Gasteiger partial charge in [-0.05, 0) is 32.0 Å². The maximum atomic E-state index is 10.1. The zero-order chi connectivity index (χ0) is 13.8. The van der Waals surface area contributed by atoms with E-state index in [0.717, 1.165) is 15.2 Å².